The number of anilines is 2. The van der Waals surface area contributed by atoms with E-state index in [1.807, 2.05) is 24.3 Å². The van der Waals surface area contributed by atoms with E-state index in [4.69, 9.17) is 5.11 Å². The van der Waals surface area contributed by atoms with E-state index in [0.29, 0.717) is 17.5 Å². The molecular formula is C24H27N5O3S. The minimum atomic E-state index is -1.07. The number of hydrogen-bond donors (Lipinski definition) is 4. The average Bonchev–Trinajstić information content (AvgIpc) is 2.83. The lowest BCUT2D eigenvalue weighted by Crippen LogP contribution is -2.31. The molecule has 0 atom stereocenters. The minimum Gasteiger partial charge on any atom is -0.465 e. The van der Waals surface area contributed by atoms with Gasteiger partial charge in [-0.05, 0) is 37.1 Å². The van der Waals surface area contributed by atoms with Gasteiger partial charge in [0, 0.05) is 24.2 Å². The second kappa shape index (κ2) is 11.1. The van der Waals surface area contributed by atoms with E-state index in [0.717, 1.165) is 33.9 Å². The van der Waals surface area contributed by atoms with E-state index in [1.54, 1.807) is 24.0 Å². The van der Waals surface area contributed by atoms with Crippen LogP contribution in [0, 0.1) is 0 Å². The fourth-order valence-electron chi connectivity index (χ4n) is 3.98. The van der Waals surface area contributed by atoms with Crippen molar-refractivity contribution in [2.45, 2.75) is 49.6 Å². The van der Waals surface area contributed by atoms with Crippen LogP contribution >= 0.6 is 11.8 Å². The summed E-state index contributed by atoms with van der Waals surface area (Å²) in [6, 6.07) is 13.8. The quantitative estimate of drug-likeness (QED) is 0.434. The molecule has 3 heterocycles. The molecule has 8 nitrogen and oxygen atoms in total. The summed E-state index contributed by atoms with van der Waals surface area (Å²) in [6.45, 7) is 0.790. The molecule has 2 amide bonds. The molecule has 4 N–H and O–H groups in total. The number of aromatic nitrogens is 2. The highest BCUT2D eigenvalue weighted by Gasteiger charge is 2.17. The van der Waals surface area contributed by atoms with Crippen LogP contribution in [0.1, 0.15) is 37.8 Å². The van der Waals surface area contributed by atoms with Gasteiger partial charge in [0.1, 0.15) is 5.82 Å². The second-order valence-corrected chi connectivity index (χ2v) is 9.03. The van der Waals surface area contributed by atoms with Crippen molar-refractivity contribution < 1.29 is 14.7 Å². The molecule has 172 valence electrons. The number of rotatable bonds is 4. The Morgan fingerprint density at radius 2 is 1.94 bits per heavy atom. The average molecular weight is 466 g/mol. The number of amides is 2. The van der Waals surface area contributed by atoms with Gasteiger partial charge < -0.3 is 15.7 Å². The Bertz CT molecular complexity index is 1130. The van der Waals surface area contributed by atoms with Crippen LogP contribution in [-0.2, 0) is 11.3 Å². The molecule has 9 heteroatoms. The molecule has 0 unspecified atom stereocenters. The molecule has 0 radical (unpaired) electrons. The third-order valence-electron chi connectivity index (χ3n) is 5.60. The Kier molecular flexibility index (Phi) is 7.74. The lowest BCUT2D eigenvalue weighted by atomic mass is 9.95. The van der Waals surface area contributed by atoms with Crippen LogP contribution in [0.2, 0.25) is 0 Å². The summed E-state index contributed by atoms with van der Waals surface area (Å²) >= 11 is 1.56. The molecule has 1 aromatic carbocycles. The van der Waals surface area contributed by atoms with E-state index in [1.165, 1.54) is 32.1 Å². The molecule has 1 fully saturated rings. The number of nitrogens with one attached hydrogen (secondary N) is 3. The smallest absolute Gasteiger partial charge is 0.409 e. The number of hydrogen-bond acceptors (Lipinski definition) is 6. The highest BCUT2D eigenvalue weighted by Crippen LogP contribution is 2.29. The van der Waals surface area contributed by atoms with Gasteiger partial charge in [0.15, 0.2) is 0 Å². The molecule has 33 heavy (non-hydrogen) atoms. The third-order valence-corrected chi connectivity index (χ3v) is 6.65. The van der Waals surface area contributed by atoms with Crippen molar-refractivity contribution in [2.75, 3.05) is 16.4 Å². The number of carbonyl (C=O) groups excluding carboxylic acids is 1. The van der Waals surface area contributed by atoms with Gasteiger partial charge in [-0.25, -0.2) is 9.78 Å². The van der Waals surface area contributed by atoms with Crippen molar-refractivity contribution in [3.05, 3.63) is 54.4 Å². The summed E-state index contributed by atoms with van der Waals surface area (Å²) in [6.07, 6.45) is 7.10. The maximum absolute atomic E-state index is 11.4. The van der Waals surface area contributed by atoms with Crippen LogP contribution in [-0.4, -0.2) is 38.9 Å². The van der Waals surface area contributed by atoms with Crippen molar-refractivity contribution in [3.8, 4) is 0 Å². The highest BCUT2D eigenvalue weighted by atomic mass is 32.2. The molecule has 2 aromatic heterocycles. The lowest BCUT2D eigenvalue weighted by Gasteiger charge is -2.23. The fraction of sp³-hybridized carbons (Fsp3) is 0.333. The van der Waals surface area contributed by atoms with Crippen molar-refractivity contribution in [1.29, 1.82) is 0 Å². The maximum atomic E-state index is 11.4. The first-order chi connectivity index (χ1) is 16.1. The Morgan fingerprint density at radius 3 is 2.76 bits per heavy atom. The maximum Gasteiger partial charge on any atom is 0.409 e. The number of para-hydroxylation sites is 1. The van der Waals surface area contributed by atoms with E-state index >= 15 is 0 Å². The predicted octanol–water partition coefficient (Wildman–Crippen LogP) is 4.87. The zero-order valence-corrected chi connectivity index (χ0v) is 19.0. The first kappa shape index (κ1) is 23.0. The molecule has 1 saturated carbocycles. The van der Waals surface area contributed by atoms with E-state index < -0.39 is 6.09 Å². The molecule has 1 aliphatic heterocycles. The number of benzene rings is 1. The first-order valence-corrected chi connectivity index (χ1v) is 12.1. The van der Waals surface area contributed by atoms with Gasteiger partial charge in [0.25, 0.3) is 0 Å². The van der Waals surface area contributed by atoms with Crippen molar-refractivity contribution in [1.82, 2.24) is 15.3 Å². The Labute approximate surface area is 196 Å². The van der Waals surface area contributed by atoms with Crippen molar-refractivity contribution in [2.24, 2.45) is 0 Å². The largest absolute Gasteiger partial charge is 0.465 e. The molecule has 1 aliphatic carbocycles. The molecule has 0 saturated heterocycles. The summed E-state index contributed by atoms with van der Waals surface area (Å²) in [7, 11) is 0. The predicted molar refractivity (Wildman–Crippen MR) is 131 cm³/mol. The standard InChI is InChI=1S/C14H19N3OS.C10H8N2O2/c18-13-9-19-12-7-6-11(16-14(12)17-13)8-15-10-4-2-1-3-5-10;13-10(14)12-9-5-6-11-8-4-2-1-3-7(8)9/h6-7,10,15H,1-5,8-9H2,(H,16,17,18);1-6H,(H,11,12)(H,13,14). The molecule has 0 spiro atoms. The number of carbonyl (C=O) groups is 2. The summed E-state index contributed by atoms with van der Waals surface area (Å²) in [5.41, 5.74) is 2.34. The third kappa shape index (κ3) is 6.43. The van der Waals surface area contributed by atoms with Crippen LogP contribution in [0.25, 0.3) is 10.9 Å². The van der Waals surface area contributed by atoms with Gasteiger partial charge in [0.05, 0.1) is 27.5 Å². The van der Waals surface area contributed by atoms with Crippen LogP contribution < -0.4 is 16.0 Å². The van der Waals surface area contributed by atoms with Crippen molar-refractivity contribution >= 4 is 46.2 Å². The lowest BCUT2D eigenvalue weighted by molar-refractivity contribution is -0.113. The Hall–Kier alpha value is -3.17. The molecular weight excluding hydrogens is 438 g/mol. The zero-order valence-electron chi connectivity index (χ0n) is 18.2. The van der Waals surface area contributed by atoms with Gasteiger partial charge in [-0.3, -0.25) is 15.1 Å². The molecule has 3 aromatic rings. The fourth-order valence-corrected chi connectivity index (χ4v) is 4.73. The van der Waals surface area contributed by atoms with Crippen LogP contribution in [0.5, 0.6) is 0 Å². The summed E-state index contributed by atoms with van der Waals surface area (Å²) in [5.74, 6) is 1.26. The first-order valence-electron chi connectivity index (χ1n) is 11.1. The van der Waals surface area contributed by atoms with E-state index in [-0.39, 0.29) is 5.91 Å². The van der Waals surface area contributed by atoms with Gasteiger partial charge >= 0.3 is 6.09 Å². The SMILES string of the molecule is O=C(O)Nc1ccnc2ccccc12.O=C1CSc2ccc(CNC3CCCCC3)nc2N1. The summed E-state index contributed by atoms with van der Waals surface area (Å²) in [4.78, 5) is 31.6. The van der Waals surface area contributed by atoms with Gasteiger partial charge in [0.2, 0.25) is 5.91 Å². The normalized spacial score (nSPS) is 15.7. The van der Waals surface area contributed by atoms with Crippen LogP contribution in [0.3, 0.4) is 0 Å². The van der Waals surface area contributed by atoms with Crippen LogP contribution in [0.4, 0.5) is 16.3 Å². The van der Waals surface area contributed by atoms with Crippen LogP contribution in [0.15, 0.2) is 53.6 Å². The summed E-state index contributed by atoms with van der Waals surface area (Å²) in [5, 5.41) is 18.1. The Morgan fingerprint density at radius 1 is 1.12 bits per heavy atom. The molecule has 2 aliphatic rings. The minimum absolute atomic E-state index is 0.0439. The monoisotopic (exact) mass is 465 g/mol. The molecule has 5 rings (SSSR count). The van der Waals surface area contributed by atoms with Gasteiger partial charge in [-0.2, -0.15) is 0 Å². The number of pyridine rings is 2. The van der Waals surface area contributed by atoms with Crippen molar-refractivity contribution in [3.63, 3.8) is 0 Å². The molecule has 0 bridgehead atoms. The number of carboxylic acid groups (broad SMARTS) is 1. The summed E-state index contributed by atoms with van der Waals surface area (Å²) < 4.78 is 0. The highest BCUT2D eigenvalue weighted by molar-refractivity contribution is 8.00. The van der Waals surface area contributed by atoms with E-state index in [9.17, 15) is 9.59 Å². The zero-order chi connectivity index (χ0) is 23.0. The number of nitrogens with zero attached hydrogens (tertiary/aromatic N) is 2. The Balaban J connectivity index is 0.000000165. The number of thioether (sulfide) groups is 1. The number of fused-ring (bicyclic) bond motifs is 2. The van der Waals surface area contributed by atoms with E-state index in [2.05, 4.69) is 38.1 Å². The van der Waals surface area contributed by atoms with Gasteiger partial charge in [-0.15, -0.1) is 11.8 Å². The van der Waals surface area contributed by atoms with Gasteiger partial charge in [-0.1, -0.05) is 37.5 Å². The topological polar surface area (TPSA) is 116 Å². The second-order valence-electron chi connectivity index (χ2n) is 8.01.